The number of hydrogen-bond acceptors (Lipinski definition) is 3. The van der Waals surface area contributed by atoms with Gasteiger partial charge in [-0.3, -0.25) is 9.69 Å². The summed E-state index contributed by atoms with van der Waals surface area (Å²) < 4.78 is 0. The highest BCUT2D eigenvalue weighted by molar-refractivity contribution is 6.35. The van der Waals surface area contributed by atoms with Crippen molar-refractivity contribution in [2.45, 2.75) is 19.4 Å². The number of hydrogen-bond donors (Lipinski definition) is 2. The molecule has 2 atom stereocenters. The minimum Gasteiger partial charge on any atom is -0.328 e. The standard InChI is InChI=1S/C14H19Cl2N3O.ClH/c1-9(17)10-4-5-19(7-10)8-14(20)18-13-6-11(15)2-3-12(13)16;/h2-3,6,9-10H,4-5,7-8,17H2,1H3,(H,18,20);1H. The molecule has 0 bridgehead atoms. The lowest BCUT2D eigenvalue weighted by molar-refractivity contribution is -0.117. The molecule has 0 spiro atoms. The van der Waals surface area contributed by atoms with Gasteiger partial charge in [0.05, 0.1) is 17.3 Å². The Labute approximate surface area is 141 Å². The van der Waals surface area contributed by atoms with Crippen LogP contribution < -0.4 is 11.1 Å². The van der Waals surface area contributed by atoms with Crippen LogP contribution in [-0.4, -0.2) is 36.5 Å². The van der Waals surface area contributed by atoms with Crippen LogP contribution in [0.5, 0.6) is 0 Å². The SMILES string of the molecule is CC(N)C1CCN(CC(=O)Nc2cc(Cl)ccc2Cl)C1.Cl. The van der Waals surface area contributed by atoms with Crippen molar-refractivity contribution in [1.29, 1.82) is 0 Å². The largest absolute Gasteiger partial charge is 0.328 e. The van der Waals surface area contributed by atoms with E-state index in [9.17, 15) is 4.79 Å². The van der Waals surface area contributed by atoms with E-state index in [-0.39, 0.29) is 24.4 Å². The Morgan fingerprint density at radius 3 is 2.86 bits per heavy atom. The molecule has 0 aromatic heterocycles. The van der Waals surface area contributed by atoms with Crippen LogP contribution in [0, 0.1) is 5.92 Å². The van der Waals surface area contributed by atoms with Crippen molar-refractivity contribution in [3.63, 3.8) is 0 Å². The molecule has 21 heavy (non-hydrogen) atoms. The fourth-order valence-corrected chi connectivity index (χ4v) is 2.76. The molecule has 0 radical (unpaired) electrons. The number of carbonyl (C=O) groups is 1. The molecular weight excluding hydrogens is 333 g/mol. The molecule has 1 aliphatic rings. The maximum absolute atomic E-state index is 12.0. The fourth-order valence-electron chi connectivity index (χ4n) is 2.42. The van der Waals surface area contributed by atoms with E-state index in [0.29, 0.717) is 28.2 Å². The number of carbonyl (C=O) groups excluding carboxylic acids is 1. The van der Waals surface area contributed by atoms with Crippen molar-refractivity contribution in [1.82, 2.24) is 4.90 Å². The smallest absolute Gasteiger partial charge is 0.238 e. The van der Waals surface area contributed by atoms with Crippen molar-refractivity contribution in [3.8, 4) is 0 Å². The van der Waals surface area contributed by atoms with Gasteiger partial charge in [-0.15, -0.1) is 12.4 Å². The normalized spacial score (nSPS) is 19.9. The lowest BCUT2D eigenvalue weighted by Crippen LogP contribution is -2.34. The first-order chi connectivity index (χ1) is 9.45. The van der Waals surface area contributed by atoms with Crippen molar-refractivity contribution in [3.05, 3.63) is 28.2 Å². The third-order valence-electron chi connectivity index (χ3n) is 3.62. The molecule has 3 N–H and O–H groups in total. The highest BCUT2D eigenvalue weighted by Gasteiger charge is 2.26. The van der Waals surface area contributed by atoms with Crippen molar-refractivity contribution in [2.24, 2.45) is 11.7 Å². The number of nitrogens with one attached hydrogen (secondary N) is 1. The van der Waals surface area contributed by atoms with Gasteiger partial charge in [-0.05, 0) is 44.0 Å². The average molecular weight is 353 g/mol. The molecule has 1 aromatic rings. The molecule has 0 aliphatic carbocycles. The van der Waals surface area contributed by atoms with E-state index in [0.717, 1.165) is 19.5 Å². The van der Waals surface area contributed by atoms with E-state index >= 15 is 0 Å². The van der Waals surface area contributed by atoms with Crippen LogP contribution in [0.1, 0.15) is 13.3 Å². The van der Waals surface area contributed by atoms with E-state index < -0.39 is 0 Å². The van der Waals surface area contributed by atoms with Crippen LogP contribution in [0.3, 0.4) is 0 Å². The lowest BCUT2D eigenvalue weighted by Gasteiger charge is -2.17. The molecule has 4 nitrogen and oxygen atoms in total. The minimum atomic E-state index is -0.0838. The molecule has 1 heterocycles. The second-order valence-corrected chi connectivity index (χ2v) is 6.16. The van der Waals surface area contributed by atoms with E-state index in [2.05, 4.69) is 10.2 Å². The molecule has 2 rings (SSSR count). The Hall–Kier alpha value is -0.520. The van der Waals surface area contributed by atoms with Gasteiger partial charge in [0.1, 0.15) is 0 Å². The lowest BCUT2D eigenvalue weighted by atomic mass is 10.0. The minimum absolute atomic E-state index is 0. The predicted molar refractivity (Wildman–Crippen MR) is 90.5 cm³/mol. The highest BCUT2D eigenvalue weighted by atomic mass is 35.5. The van der Waals surface area contributed by atoms with Crippen LogP contribution in [0.25, 0.3) is 0 Å². The Bertz CT molecular complexity index is 496. The molecule has 1 saturated heterocycles. The van der Waals surface area contributed by atoms with E-state index in [1.807, 2.05) is 6.92 Å². The van der Waals surface area contributed by atoms with Gasteiger partial charge >= 0.3 is 0 Å². The van der Waals surface area contributed by atoms with E-state index in [1.54, 1.807) is 18.2 Å². The molecule has 0 saturated carbocycles. The van der Waals surface area contributed by atoms with Crippen LogP contribution in [-0.2, 0) is 4.79 Å². The topological polar surface area (TPSA) is 58.4 Å². The van der Waals surface area contributed by atoms with E-state index in [1.165, 1.54) is 0 Å². The number of nitrogens with zero attached hydrogens (tertiary/aromatic N) is 1. The van der Waals surface area contributed by atoms with Gasteiger partial charge in [-0.1, -0.05) is 23.2 Å². The summed E-state index contributed by atoms with van der Waals surface area (Å²) in [5.41, 5.74) is 6.44. The predicted octanol–water partition coefficient (Wildman–Crippen LogP) is 3.02. The Morgan fingerprint density at radius 1 is 1.52 bits per heavy atom. The van der Waals surface area contributed by atoms with Crippen molar-refractivity contribution < 1.29 is 4.79 Å². The fraction of sp³-hybridized carbons (Fsp3) is 0.500. The Morgan fingerprint density at radius 2 is 2.24 bits per heavy atom. The molecule has 2 unspecified atom stereocenters. The first-order valence-corrected chi connectivity index (χ1v) is 7.44. The second kappa shape index (κ2) is 8.20. The highest BCUT2D eigenvalue weighted by Crippen LogP contribution is 2.25. The van der Waals surface area contributed by atoms with Crippen molar-refractivity contribution in [2.75, 3.05) is 25.0 Å². The molecule has 1 aliphatic heterocycles. The number of rotatable bonds is 4. The molecule has 1 aromatic carbocycles. The number of nitrogens with two attached hydrogens (primary N) is 1. The Kier molecular flexibility index (Phi) is 7.24. The van der Waals surface area contributed by atoms with Crippen LogP contribution in [0.4, 0.5) is 5.69 Å². The molecule has 7 heteroatoms. The maximum atomic E-state index is 12.0. The van der Waals surface area contributed by atoms with E-state index in [4.69, 9.17) is 28.9 Å². The molecule has 118 valence electrons. The summed E-state index contributed by atoms with van der Waals surface area (Å²) in [7, 11) is 0. The summed E-state index contributed by atoms with van der Waals surface area (Å²) >= 11 is 11.9. The zero-order valence-electron chi connectivity index (χ0n) is 11.8. The first-order valence-electron chi connectivity index (χ1n) is 6.68. The molecular formula is C14H20Cl3N3O. The van der Waals surface area contributed by atoms with Gasteiger partial charge in [-0.25, -0.2) is 0 Å². The monoisotopic (exact) mass is 351 g/mol. The van der Waals surface area contributed by atoms with Crippen LogP contribution in [0.2, 0.25) is 10.0 Å². The summed E-state index contributed by atoms with van der Waals surface area (Å²) in [6, 6.07) is 5.18. The number of likely N-dealkylation sites (tertiary alicyclic amines) is 1. The third-order valence-corrected chi connectivity index (χ3v) is 4.19. The van der Waals surface area contributed by atoms with Gasteiger partial charge in [-0.2, -0.15) is 0 Å². The zero-order valence-corrected chi connectivity index (χ0v) is 14.1. The summed E-state index contributed by atoms with van der Waals surface area (Å²) in [6.07, 6.45) is 1.04. The number of amides is 1. The van der Waals surface area contributed by atoms with Gasteiger partial charge in [0.25, 0.3) is 0 Å². The van der Waals surface area contributed by atoms with Crippen molar-refractivity contribution >= 4 is 47.2 Å². The summed E-state index contributed by atoms with van der Waals surface area (Å²) in [5.74, 6) is 0.386. The van der Waals surface area contributed by atoms with Gasteiger partial charge in [0.15, 0.2) is 0 Å². The summed E-state index contributed by atoms with van der Waals surface area (Å²) in [5, 5.41) is 3.82. The zero-order chi connectivity index (χ0) is 14.7. The summed E-state index contributed by atoms with van der Waals surface area (Å²) in [4.78, 5) is 14.1. The third kappa shape index (κ3) is 5.31. The average Bonchev–Trinajstić information content (AvgIpc) is 2.82. The quantitative estimate of drug-likeness (QED) is 0.875. The Balaban J connectivity index is 0.00000220. The number of benzene rings is 1. The van der Waals surface area contributed by atoms with Gasteiger partial charge in [0, 0.05) is 17.6 Å². The van der Waals surface area contributed by atoms with Crippen LogP contribution >= 0.6 is 35.6 Å². The molecule has 1 amide bonds. The first kappa shape index (κ1) is 18.5. The maximum Gasteiger partial charge on any atom is 0.238 e. The van der Waals surface area contributed by atoms with Gasteiger partial charge < -0.3 is 11.1 Å². The second-order valence-electron chi connectivity index (χ2n) is 5.32. The van der Waals surface area contributed by atoms with Crippen LogP contribution in [0.15, 0.2) is 18.2 Å². The van der Waals surface area contributed by atoms with Gasteiger partial charge in [0.2, 0.25) is 5.91 Å². The summed E-state index contributed by atoms with van der Waals surface area (Å²) in [6.45, 7) is 4.14. The number of halogens is 3. The molecule has 1 fully saturated rings. The number of anilines is 1.